The van der Waals surface area contributed by atoms with E-state index in [1.807, 2.05) is 0 Å². The van der Waals surface area contributed by atoms with E-state index in [0.717, 1.165) is 25.7 Å². The third-order valence-corrected chi connectivity index (χ3v) is 4.28. The Labute approximate surface area is 114 Å². The number of aromatic nitrogens is 2. The first-order valence-electron chi connectivity index (χ1n) is 7.22. The normalized spacial score (nSPS) is 20.7. The lowest BCUT2D eigenvalue weighted by atomic mass is 9.84. The van der Waals surface area contributed by atoms with E-state index in [1.165, 1.54) is 6.42 Å². The molecule has 0 spiro atoms. The predicted molar refractivity (Wildman–Crippen MR) is 72.7 cm³/mol. The maximum absolute atomic E-state index is 5.80. The van der Waals surface area contributed by atoms with Crippen LogP contribution in [0.4, 0.5) is 0 Å². The van der Waals surface area contributed by atoms with Gasteiger partial charge in [-0.1, -0.05) is 38.3 Å². The molecule has 1 aromatic heterocycles. The van der Waals surface area contributed by atoms with Crippen LogP contribution in [0.2, 0.25) is 0 Å². The second kappa shape index (κ2) is 6.01. The molecule has 5 nitrogen and oxygen atoms in total. The molecular weight excluding hydrogens is 242 g/mol. The standard InChI is InChI=1S/C14H25N3O2/c1-10(2)11(9-15)12-16-13(17-19-12)14(18-3)7-5-4-6-8-14/h10-11H,4-9,15H2,1-3H3. The van der Waals surface area contributed by atoms with Crippen molar-refractivity contribution in [3.05, 3.63) is 11.7 Å². The van der Waals surface area contributed by atoms with Gasteiger partial charge in [0.2, 0.25) is 11.7 Å². The first kappa shape index (κ1) is 14.5. The fourth-order valence-electron chi connectivity index (χ4n) is 2.87. The van der Waals surface area contributed by atoms with Gasteiger partial charge >= 0.3 is 0 Å². The third-order valence-electron chi connectivity index (χ3n) is 4.28. The highest BCUT2D eigenvalue weighted by atomic mass is 16.5. The Bertz CT molecular complexity index is 397. The molecular formula is C14H25N3O2. The van der Waals surface area contributed by atoms with Gasteiger partial charge in [-0.05, 0) is 18.8 Å². The molecule has 5 heteroatoms. The summed E-state index contributed by atoms with van der Waals surface area (Å²) in [4.78, 5) is 4.59. The van der Waals surface area contributed by atoms with Gasteiger partial charge in [0.1, 0.15) is 5.60 Å². The molecule has 1 saturated carbocycles. The molecule has 0 saturated heterocycles. The summed E-state index contributed by atoms with van der Waals surface area (Å²) < 4.78 is 11.2. The summed E-state index contributed by atoms with van der Waals surface area (Å²) in [6.45, 7) is 4.77. The molecule has 1 aliphatic carbocycles. The highest BCUT2D eigenvalue weighted by molar-refractivity contribution is 5.06. The Morgan fingerprint density at radius 1 is 1.32 bits per heavy atom. The monoisotopic (exact) mass is 267 g/mol. The number of rotatable bonds is 5. The molecule has 108 valence electrons. The molecule has 0 amide bonds. The van der Waals surface area contributed by atoms with Crippen molar-refractivity contribution in [2.45, 2.75) is 57.5 Å². The summed E-state index contributed by atoms with van der Waals surface area (Å²) in [5.74, 6) is 1.86. The molecule has 0 bridgehead atoms. The molecule has 1 unspecified atom stereocenters. The van der Waals surface area contributed by atoms with Crippen LogP contribution >= 0.6 is 0 Å². The number of methoxy groups -OCH3 is 1. The minimum atomic E-state index is -0.351. The van der Waals surface area contributed by atoms with E-state index in [4.69, 9.17) is 15.0 Å². The lowest BCUT2D eigenvalue weighted by Gasteiger charge is -2.32. The number of ether oxygens (including phenoxy) is 1. The van der Waals surface area contributed by atoms with Crippen molar-refractivity contribution in [3.63, 3.8) is 0 Å². The van der Waals surface area contributed by atoms with Gasteiger partial charge in [0.15, 0.2) is 0 Å². The van der Waals surface area contributed by atoms with E-state index in [9.17, 15) is 0 Å². The largest absolute Gasteiger partial charge is 0.370 e. The van der Waals surface area contributed by atoms with Gasteiger partial charge in [0, 0.05) is 13.7 Å². The molecule has 2 rings (SSSR count). The Morgan fingerprint density at radius 2 is 2.00 bits per heavy atom. The molecule has 1 fully saturated rings. The molecule has 0 aliphatic heterocycles. The molecule has 1 heterocycles. The molecule has 1 aromatic rings. The Hall–Kier alpha value is -0.940. The fraction of sp³-hybridized carbons (Fsp3) is 0.857. The molecule has 19 heavy (non-hydrogen) atoms. The molecule has 2 N–H and O–H groups in total. The van der Waals surface area contributed by atoms with E-state index >= 15 is 0 Å². The van der Waals surface area contributed by atoms with Crippen LogP contribution in [0.1, 0.15) is 63.6 Å². The van der Waals surface area contributed by atoms with Gasteiger partial charge in [0.05, 0.1) is 5.92 Å². The maximum Gasteiger partial charge on any atom is 0.231 e. The van der Waals surface area contributed by atoms with E-state index in [1.54, 1.807) is 7.11 Å². The van der Waals surface area contributed by atoms with Crippen LogP contribution in [-0.4, -0.2) is 23.8 Å². The summed E-state index contributed by atoms with van der Waals surface area (Å²) in [6, 6.07) is 0. The van der Waals surface area contributed by atoms with Crippen LogP contribution in [0.25, 0.3) is 0 Å². The van der Waals surface area contributed by atoms with Gasteiger partial charge in [-0.2, -0.15) is 4.98 Å². The van der Waals surface area contributed by atoms with Crippen LogP contribution in [0.3, 0.4) is 0 Å². The third kappa shape index (κ3) is 2.82. The van der Waals surface area contributed by atoms with Crippen LogP contribution < -0.4 is 5.73 Å². The van der Waals surface area contributed by atoms with Crippen LogP contribution in [-0.2, 0) is 10.3 Å². The Morgan fingerprint density at radius 3 is 2.53 bits per heavy atom. The van der Waals surface area contributed by atoms with Crippen LogP contribution in [0.15, 0.2) is 4.52 Å². The van der Waals surface area contributed by atoms with Crippen LogP contribution in [0, 0.1) is 5.92 Å². The quantitative estimate of drug-likeness (QED) is 0.887. The zero-order valence-corrected chi connectivity index (χ0v) is 12.2. The highest BCUT2D eigenvalue weighted by Crippen LogP contribution is 2.39. The number of nitrogens with zero attached hydrogens (tertiary/aromatic N) is 2. The number of hydrogen-bond donors (Lipinski definition) is 1. The van der Waals surface area contributed by atoms with Crippen LogP contribution in [0.5, 0.6) is 0 Å². The lowest BCUT2D eigenvalue weighted by molar-refractivity contribution is -0.0527. The van der Waals surface area contributed by atoms with Gasteiger partial charge in [-0.15, -0.1) is 0 Å². The SMILES string of the molecule is COC1(c2noc(C(CN)C(C)C)n2)CCCCC1. The van der Waals surface area contributed by atoms with Gasteiger partial charge in [-0.3, -0.25) is 0 Å². The second-order valence-electron chi connectivity index (χ2n) is 5.80. The summed E-state index contributed by atoms with van der Waals surface area (Å²) in [5.41, 5.74) is 5.45. The Kier molecular flexibility index (Phi) is 4.58. The summed E-state index contributed by atoms with van der Waals surface area (Å²) in [5, 5.41) is 4.17. The van der Waals surface area contributed by atoms with Gasteiger partial charge in [-0.25, -0.2) is 0 Å². The summed E-state index contributed by atoms with van der Waals surface area (Å²) in [7, 11) is 1.74. The lowest BCUT2D eigenvalue weighted by Crippen LogP contribution is -2.32. The first-order valence-corrected chi connectivity index (χ1v) is 7.22. The molecule has 0 aromatic carbocycles. The minimum Gasteiger partial charge on any atom is -0.370 e. The second-order valence-corrected chi connectivity index (χ2v) is 5.80. The van der Waals surface area contributed by atoms with Crippen molar-refractivity contribution >= 4 is 0 Å². The average molecular weight is 267 g/mol. The summed E-state index contributed by atoms with van der Waals surface area (Å²) >= 11 is 0. The van der Waals surface area contributed by atoms with Crippen molar-refractivity contribution in [1.29, 1.82) is 0 Å². The topological polar surface area (TPSA) is 74.2 Å². The molecule has 1 aliphatic rings. The smallest absolute Gasteiger partial charge is 0.231 e. The van der Waals surface area contributed by atoms with Crippen molar-refractivity contribution < 1.29 is 9.26 Å². The Balaban J connectivity index is 2.23. The number of nitrogens with two attached hydrogens (primary N) is 1. The van der Waals surface area contributed by atoms with E-state index < -0.39 is 0 Å². The zero-order valence-electron chi connectivity index (χ0n) is 12.2. The van der Waals surface area contributed by atoms with E-state index in [-0.39, 0.29) is 11.5 Å². The van der Waals surface area contributed by atoms with Crippen molar-refractivity contribution in [2.24, 2.45) is 11.7 Å². The molecule has 0 radical (unpaired) electrons. The van der Waals surface area contributed by atoms with E-state index in [2.05, 4.69) is 24.0 Å². The number of hydrogen-bond acceptors (Lipinski definition) is 5. The van der Waals surface area contributed by atoms with Gasteiger partial charge < -0.3 is 15.0 Å². The van der Waals surface area contributed by atoms with Crippen molar-refractivity contribution in [1.82, 2.24) is 10.1 Å². The fourth-order valence-corrected chi connectivity index (χ4v) is 2.87. The average Bonchev–Trinajstić information content (AvgIpc) is 2.90. The maximum atomic E-state index is 5.80. The van der Waals surface area contributed by atoms with Crippen molar-refractivity contribution in [2.75, 3.05) is 13.7 Å². The summed E-state index contributed by atoms with van der Waals surface area (Å²) in [6.07, 6.45) is 5.51. The van der Waals surface area contributed by atoms with E-state index in [0.29, 0.717) is 24.2 Å². The molecule has 1 atom stereocenters. The zero-order chi connectivity index (χ0) is 13.9. The predicted octanol–water partition coefficient (Wildman–Crippen LogP) is 2.57. The van der Waals surface area contributed by atoms with Crippen molar-refractivity contribution in [3.8, 4) is 0 Å². The highest BCUT2D eigenvalue weighted by Gasteiger charge is 2.39. The van der Waals surface area contributed by atoms with Gasteiger partial charge in [0.25, 0.3) is 0 Å². The first-order chi connectivity index (χ1) is 9.13. The minimum absolute atomic E-state index is 0.124.